The molecule has 0 atom stereocenters. The third-order valence-electron chi connectivity index (χ3n) is 3.57. The zero-order valence-electron chi connectivity index (χ0n) is 12.9. The second-order valence-electron chi connectivity index (χ2n) is 5.36. The molecule has 0 aliphatic heterocycles. The Labute approximate surface area is 145 Å². The molecule has 3 heterocycles. The zero-order valence-corrected chi connectivity index (χ0v) is 13.7. The number of imidazole rings is 1. The molecule has 25 heavy (non-hydrogen) atoms. The molecule has 9 heteroatoms. The van der Waals surface area contributed by atoms with Gasteiger partial charge in [-0.05, 0) is 24.6 Å². The van der Waals surface area contributed by atoms with Gasteiger partial charge < -0.3 is 5.32 Å². The first-order valence-corrected chi connectivity index (χ1v) is 7.57. The summed E-state index contributed by atoms with van der Waals surface area (Å²) in [5, 5.41) is 2.47. The van der Waals surface area contributed by atoms with Crippen LogP contribution in [0.5, 0.6) is 0 Å². The standard InChI is InChI=1S/C16H12ClF3N4O/c1-9-13(15(25)22-7-10-3-2-4-21-6-10)24-8-11(16(18,19)20)5-12(17)14(24)23-9/h2-6,8H,7H2,1H3,(H,22,25). The van der Waals surface area contributed by atoms with Crippen molar-refractivity contribution in [2.75, 3.05) is 0 Å². The molecule has 0 bridgehead atoms. The molecule has 0 saturated carbocycles. The number of carbonyl (C=O) groups is 1. The molecule has 0 aromatic carbocycles. The Morgan fingerprint density at radius 1 is 1.40 bits per heavy atom. The zero-order chi connectivity index (χ0) is 18.2. The molecule has 3 aromatic heterocycles. The van der Waals surface area contributed by atoms with Crippen molar-refractivity contribution in [3.63, 3.8) is 0 Å². The minimum Gasteiger partial charge on any atom is -0.347 e. The molecule has 0 radical (unpaired) electrons. The number of aromatic nitrogens is 3. The topological polar surface area (TPSA) is 59.3 Å². The Hall–Kier alpha value is -2.61. The van der Waals surface area contributed by atoms with Crippen LogP contribution >= 0.6 is 11.6 Å². The molecule has 5 nitrogen and oxygen atoms in total. The fraction of sp³-hybridized carbons (Fsp3) is 0.188. The van der Waals surface area contributed by atoms with Gasteiger partial charge in [0, 0.05) is 25.1 Å². The van der Waals surface area contributed by atoms with Gasteiger partial charge in [0.25, 0.3) is 5.91 Å². The van der Waals surface area contributed by atoms with Gasteiger partial charge in [0.05, 0.1) is 16.3 Å². The average Bonchev–Trinajstić information content (AvgIpc) is 2.89. The van der Waals surface area contributed by atoms with E-state index >= 15 is 0 Å². The van der Waals surface area contributed by atoms with E-state index in [2.05, 4.69) is 15.3 Å². The summed E-state index contributed by atoms with van der Waals surface area (Å²) in [5.41, 5.74) is 0.190. The highest BCUT2D eigenvalue weighted by molar-refractivity contribution is 6.33. The van der Waals surface area contributed by atoms with Gasteiger partial charge in [0.1, 0.15) is 5.69 Å². The van der Waals surface area contributed by atoms with E-state index in [0.29, 0.717) is 0 Å². The lowest BCUT2D eigenvalue weighted by atomic mass is 10.2. The second-order valence-corrected chi connectivity index (χ2v) is 5.77. The number of hydrogen-bond donors (Lipinski definition) is 1. The smallest absolute Gasteiger partial charge is 0.347 e. The molecular formula is C16H12ClF3N4O. The summed E-state index contributed by atoms with van der Waals surface area (Å²) in [4.78, 5) is 20.5. The molecule has 0 aliphatic carbocycles. The van der Waals surface area contributed by atoms with Gasteiger partial charge in [-0.25, -0.2) is 4.98 Å². The van der Waals surface area contributed by atoms with Crippen molar-refractivity contribution in [3.8, 4) is 0 Å². The van der Waals surface area contributed by atoms with E-state index in [1.54, 1.807) is 24.5 Å². The first-order chi connectivity index (χ1) is 11.8. The SMILES string of the molecule is Cc1nc2c(Cl)cc(C(F)(F)F)cn2c1C(=O)NCc1cccnc1. The van der Waals surface area contributed by atoms with Crippen LogP contribution in [0.4, 0.5) is 13.2 Å². The largest absolute Gasteiger partial charge is 0.417 e. The molecule has 3 aromatic rings. The predicted molar refractivity (Wildman–Crippen MR) is 85.3 cm³/mol. The van der Waals surface area contributed by atoms with Crippen molar-refractivity contribution in [1.82, 2.24) is 19.7 Å². The van der Waals surface area contributed by atoms with E-state index in [0.717, 1.165) is 22.2 Å². The first kappa shape index (κ1) is 17.2. The highest BCUT2D eigenvalue weighted by Crippen LogP contribution is 2.33. The summed E-state index contributed by atoms with van der Waals surface area (Å²) in [6.07, 6.45) is -0.583. The predicted octanol–water partition coefficient (Wildman–Crippen LogP) is 3.64. The number of carbonyl (C=O) groups excluding carboxylic acids is 1. The molecule has 0 saturated heterocycles. The van der Waals surface area contributed by atoms with Crippen molar-refractivity contribution in [3.05, 3.63) is 64.3 Å². The number of aryl methyl sites for hydroxylation is 1. The van der Waals surface area contributed by atoms with E-state index in [4.69, 9.17) is 11.6 Å². The number of hydrogen-bond acceptors (Lipinski definition) is 3. The highest BCUT2D eigenvalue weighted by atomic mass is 35.5. The monoisotopic (exact) mass is 368 g/mol. The lowest BCUT2D eigenvalue weighted by molar-refractivity contribution is -0.137. The van der Waals surface area contributed by atoms with Crippen molar-refractivity contribution in [2.45, 2.75) is 19.6 Å². The number of alkyl halides is 3. The van der Waals surface area contributed by atoms with E-state index < -0.39 is 17.6 Å². The van der Waals surface area contributed by atoms with Crippen LogP contribution in [0.25, 0.3) is 5.65 Å². The fourth-order valence-corrected chi connectivity index (χ4v) is 2.67. The Morgan fingerprint density at radius 2 is 2.16 bits per heavy atom. The van der Waals surface area contributed by atoms with E-state index in [1.165, 1.54) is 6.92 Å². The quantitative estimate of drug-likeness (QED) is 0.767. The second kappa shape index (κ2) is 6.36. The lowest BCUT2D eigenvalue weighted by Gasteiger charge is -2.10. The number of halogens is 4. The molecule has 1 amide bonds. The van der Waals surface area contributed by atoms with Crippen molar-refractivity contribution < 1.29 is 18.0 Å². The van der Waals surface area contributed by atoms with Crippen LogP contribution in [0, 0.1) is 6.92 Å². The molecule has 0 fully saturated rings. The molecule has 0 aliphatic rings. The summed E-state index contributed by atoms with van der Waals surface area (Å²) >= 11 is 5.91. The average molecular weight is 369 g/mol. The lowest BCUT2D eigenvalue weighted by Crippen LogP contribution is -2.25. The van der Waals surface area contributed by atoms with Crippen LogP contribution in [0.3, 0.4) is 0 Å². The van der Waals surface area contributed by atoms with Crippen molar-refractivity contribution >= 4 is 23.2 Å². The fourth-order valence-electron chi connectivity index (χ4n) is 2.41. The van der Waals surface area contributed by atoms with E-state index in [-0.39, 0.29) is 28.6 Å². The normalized spacial score (nSPS) is 11.7. The first-order valence-electron chi connectivity index (χ1n) is 7.20. The Balaban J connectivity index is 1.98. The van der Waals surface area contributed by atoms with Crippen LogP contribution in [0.1, 0.15) is 27.3 Å². The third-order valence-corrected chi connectivity index (χ3v) is 3.85. The van der Waals surface area contributed by atoms with Gasteiger partial charge in [-0.1, -0.05) is 17.7 Å². The van der Waals surface area contributed by atoms with Gasteiger partial charge in [0.2, 0.25) is 0 Å². The summed E-state index contributed by atoms with van der Waals surface area (Å²) in [7, 11) is 0. The Kier molecular flexibility index (Phi) is 4.38. The van der Waals surface area contributed by atoms with E-state index in [1.807, 2.05) is 0 Å². The molecule has 0 unspecified atom stereocenters. The number of fused-ring (bicyclic) bond motifs is 1. The molecule has 1 N–H and O–H groups in total. The number of nitrogens with zero attached hydrogens (tertiary/aromatic N) is 3. The van der Waals surface area contributed by atoms with Gasteiger partial charge in [0.15, 0.2) is 5.65 Å². The van der Waals surface area contributed by atoms with Gasteiger partial charge in [-0.2, -0.15) is 13.2 Å². The third kappa shape index (κ3) is 3.43. The number of amides is 1. The highest BCUT2D eigenvalue weighted by Gasteiger charge is 2.32. The summed E-state index contributed by atoms with van der Waals surface area (Å²) in [6.45, 7) is 1.72. The van der Waals surface area contributed by atoms with Crippen molar-refractivity contribution in [2.24, 2.45) is 0 Å². The van der Waals surface area contributed by atoms with Crippen LogP contribution in [-0.2, 0) is 12.7 Å². The molecular weight excluding hydrogens is 357 g/mol. The maximum Gasteiger partial charge on any atom is 0.417 e. The van der Waals surface area contributed by atoms with E-state index in [9.17, 15) is 18.0 Å². The number of pyridine rings is 2. The Morgan fingerprint density at radius 3 is 2.80 bits per heavy atom. The van der Waals surface area contributed by atoms with Gasteiger partial charge >= 0.3 is 6.18 Å². The number of nitrogens with one attached hydrogen (secondary N) is 1. The minimum absolute atomic E-state index is 0.00638. The van der Waals surface area contributed by atoms with Crippen LogP contribution < -0.4 is 5.32 Å². The van der Waals surface area contributed by atoms with Crippen molar-refractivity contribution in [1.29, 1.82) is 0 Å². The molecule has 0 spiro atoms. The number of rotatable bonds is 3. The summed E-state index contributed by atoms with van der Waals surface area (Å²) in [6, 6.07) is 4.28. The summed E-state index contributed by atoms with van der Waals surface area (Å²) in [5.74, 6) is -0.552. The minimum atomic E-state index is -4.58. The maximum atomic E-state index is 13.0. The van der Waals surface area contributed by atoms with Crippen LogP contribution in [-0.4, -0.2) is 20.3 Å². The van der Waals surface area contributed by atoms with Crippen LogP contribution in [0.2, 0.25) is 5.02 Å². The summed E-state index contributed by atoms with van der Waals surface area (Å²) < 4.78 is 40.1. The van der Waals surface area contributed by atoms with Gasteiger partial charge in [-0.15, -0.1) is 0 Å². The van der Waals surface area contributed by atoms with Gasteiger partial charge in [-0.3, -0.25) is 14.2 Å². The maximum absolute atomic E-state index is 13.0. The molecule has 130 valence electrons. The Bertz CT molecular complexity index is 938. The van der Waals surface area contributed by atoms with Crippen LogP contribution in [0.15, 0.2) is 36.8 Å². The molecule has 3 rings (SSSR count).